The molecule has 1 aromatic rings. The third-order valence-corrected chi connectivity index (χ3v) is 4.45. The van der Waals surface area contributed by atoms with Crippen LogP contribution in [-0.4, -0.2) is 30.5 Å². The van der Waals surface area contributed by atoms with Gasteiger partial charge in [0.1, 0.15) is 6.07 Å². The van der Waals surface area contributed by atoms with Crippen LogP contribution in [0.3, 0.4) is 0 Å². The molecule has 3 N–H and O–H groups in total. The smallest absolute Gasteiger partial charge is 0.102 e. The number of rotatable bonds is 6. The second kappa shape index (κ2) is 6.98. The Labute approximate surface area is 124 Å². The van der Waals surface area contributed by atoms with Crippen molar-refractivity contribution in [1.82, 2.24) is 0 Å². The van der Waals surface area contributed by atoms with Crippen LogP contribution in [0.5, 0.6) is 0 Å². The van der Waals surface area contributed by atoms with E-state index < -0.39 is 0 Å². The molecule has 1 aromatic carbocycles. The van der Waals surface area contributed by atoms with Crippen LogP contribution < -0.4 is 11.1 Å². The Bertz CT molecular complexity index is 498. The van der Waals surface area contributed by atoms with Crippen molar-refractivity contribution in [2.45, 2.75) is 43.4 Å². The highest BCUT2D eigenvalue weighted by atomic mass is 32.2. The van der Waals surface area contributed by atoms with Crippen molar-refractivity contribution in [2.24, 2.45) is 5.73 Å². The van der Waals surface area contributed by atoms with Gasteiger partial charge in [-0.25, -0.2) is 0 Å². The summed E-state index contributed by atoms with van der Waals surface area (Å²) in [6.45, 7) is 4.76. The van der Waals surface area contributed by atoms with Gasteiger partial charge in [0.25, 0.3) is 0 Å². The maximum atomic E-state index is 9.40. The Hall–Kier alpha value is -1.22. The Morgan fingerprint density at radius 3 is 2.90 bits per heavy atom. The first-order valence-electron chi connectivity index (χ1n) is 7.00. The average molecular weight is 291 g/mol. The highest BCUT2D eigenvalue weighted by Crippen LogP contribution is 2.31. The van der Waals surface area contributed by atoms with Crippen molar-refractivity contribution in [3.05, 3.63) is 23.8 Å². The predicted molar refractivity (Wildman–Crippen MR) is 83.0 cm³/mol. The molecule has 108 valence electrons. The molecule has 0 saturated heterocycles. The molecule has 1 aliphatic carbocycles. The first-order valence-corrected chi connectivity index (χ1v) is 7.99. The van der Waals surface area contributed by atoms with Gasteiger partial charge in [-0.15, -0.1) is 11.8 Å². The summed E-state index contributed by atoms with van der Waals surface area (Å²) in [6, 6.07) is 8.36. The number of thioether (sulfide) groups is 1. The fourth-order valence-electron chi connectivity index (χ4n) is 2.45. The quantitative estimate of drug-likeness (QED) is 0.788. The molecule has 1 saturated carbocycles. The molecule has 1 aliphatic rings. The van der Waals surface area contributed by atoms with Crippen molar-refractivity contribution >= 4 is 17.4 Å². The van der Waals surface area contributed by atoms with Crippen molar-refractivity contribution < 1.29 is 4.74 Å². The Morgan fingerprint density at radius 2 is 2.30 bits per heavy atom. The molecule has 20 heavy (non-hydrogen) atoms. The minimum Gasteiger partial charge on any atom is -0.377 e. The van der Waals surface area contributed by atoms with E-state index in [1.807, 2.05) is 25.1 Å². The monoisotopic (exact) mass is 291 g/mol. The van der Waals surface area contributed by atoms with Crippen LogP contribution >= 0.6 is 11.8 Å². The lowest BCUT2D eigenvalue weighted by atomic mass is 9.83. The fourth-order valence-corrected chi connectivity index (χ4v) is 3.23. The van der Waals surface area contributed by atoms with Gasteiger partial charge in [0.2, 0.25) is 0 Å². The second-order valence-electron chi connectivity index (χ2n) is 4.79. The van der Waals surface area contributed by atoms with Crippen molar-refractivity contribution in [3.8, 4) is 6.07 Å². The number of hydrogen-bond acceptors (Lipinski definition) is 5. The molecule has 0 aromatic heterocycles. The fraction of sp³-hybridized carbons (Fsp3) is 0.533. The van der Waals surface area contributed by atoms with Crippen LogP contribution in [0, 0.1) is 11.3 Å². The number of anilines is 1. The highest BCUT2D eigenvalue weighted by molar-refractivity contribution is 7.99. The summed E-state index contributed by atoms with van der Waals surface area (Å²) in [7, 11) is 0. The highest BCUT2D eigenvalue weighted by Gasteiger charge is 2.39. The van der Waals surface area contributed by atoms with Crippen molar-refractivity contribution in [2.75, 3.05) is 17.7 Å². The molecule has 0 heterocycles. The summed E-state index contributed by atoms with van der Waals surface area (Å²) >= 11 is 1.68. The summed E-state index contributed by atoms with van der Waals surface area (Å²) in [6.07, 6.45) is 1.01. The van der Waals surface area contributed by atoms with Gasteiger partial charge in [-0.05, 0) is 31.2 Å². The van der Waals surface area contributed by atoms with E-state index in [-0.39, 0.29) is 18.2 Å². The molecule has 2 rings (SSSR count). The van der Waals surface area contributed by atoms with Crippen molar-refractivity contribution in [1.29, 1.82) is 5.26 Å². The molecule has 1 fully saturated rings. The first kappa shape index (κ1) is 15.2. The molecule has 0 amide bonds. The number of nitrogens with one attached hydrogen (secondary N) is 1. The van der Waals surface area contributed by atoms with E-state index in [4.69, 9.17) is 10.5 Å². The van der Waals surface area contributed by atoms with Crippen LogP contribution in [0.15, 0.2) is 23.1 Å². The van der Waals surface area contributed by atoms with Gasteiger partial charge in [0, 0.05) is 17.5 Å². The molecular weight excluding hydrogens is 270 g/mol. The maximum Gasteiger partial charge on any atom is 0.102 e. The number of hydrogen-bond donors (Lipinski definition) is 2. The molecule has 3 atom stereocenters. The van der Waals surface area contributed by atoms with Gasteiger partial charge in [-0.3, -0.25) is 0 Å². The lowest BCUT2D eigenvalue weighted by molar-refractivity contribution is -0.0126. The van der Waals surface area contributed by atoms with Crippen LogP contribution in [0.25, 0.3) is 0 Å². The van der Waals surface area contributed by atoms with E-state index in [9.17, 15) is 5.26 Å². The number of nitriles is 1. The van der Waals surface area contributed by atoms with Gasteiger partial charge in [0.05, 0.1) is 23.4 Å². The Balaban J connectivity index is 2.17. The lowest BCUT2D eigenvalue weighted by Crippen LogP contribution is -2.60. The minimum atomic E-state index is 0.0839. The zero-order valence-corrected chi connectivity index (χ0v) is 12.7. The van der Waals surface area contributed by atoms with E-state index in [0.717, 1.165) is 22.8 Å². The summed E-state index contributed by atoms with van der Waals surface area (Å²) in [5, 5.41) is 12.8. The van der Waals surface area contributed by atoms with Gasteiger partial charge in [0.15, 0.2) is 0 Å². The maximum absolute atomic E-state index is 9.40. The molecular formula is C15H21N3OS. The third kappa shape index (κ3) is 3.09. The van der Waals surface area contributed by atoms with E-state index in [0.29, 0.717) is 12.2 Å². The second-order valence-corrected chi connectivity index (χ2v) is 6.09. The normalized spacial score (nSPS) is 24.8. The van der Waals surface area contributed by atoms with E-state index in [1.165, 1.54) is 0 Å². The van der Waals surface area contributed by atoms with E-state index >= 15 is 0 Å². The Morgan fingerprint density at radius 1 is 1.50 bits per heavy atom. The number of nitrogens with zero attached hydrogens (tertiary/aromatic N) is 1. The molecule has 0 spiro atoms. The molecule has 5 heteroatoms. The van der Waals surface area contributed by atoms with Crippen LogP contribution in [-0.2, 0) is 4.74 Å². The standard InChI is InChI=1S/C15H21N3OS/c1-3-19-13-8-11(17)15(13)18-12-6-5-7-14(20-4-2)10(12)9-16/h5-7,11,13,15,18H,3-4,8,17H2,1-2H3. The summed E-state index contributed by atoms with van der Waals surface area (Å²) < 4.78 is 5.65. The van der Waals surface area contributed by atoms with E-state index in [2.05, 4.69) is 18.3 Å². The van der Waals surface area contributed by atoms with E-state index in [1.54, 1.807) is 11.8 Å². The average Bonchev–Trinajstić information content (AvgIpc) is 2.45. The van der Waals surface area contributed by atoms with Crippen molar-refractivity contribution in [3.63, 3.8) is 0 Å². The van der Waals surface area contributed by atoms with Gasteiger partial charge in [-0.2, -0.15) is 5.26 Å². The lowest BCUT2D eigenvalue weighted by Gasteiger charge is -2.43. The first-order chi connectivity index (χ1) is 9.71. The number of ether oxygens (including phenoxy) is 1. The topological polar surface area (TPSA) is 71.1 Å². The minimum absolute atomic E-state index is 0.0839. The molecule has 0 aliphatic heterocycles. The zero-order valence-electron chi connectivity index (χ0n) is 11.9. The van der Waals surface area contributed by atoms with Crippen LogP contribution in [0.1, 0.15) is 25.8 Å². The molecule has 0 bridgehead atoms. The van der Waals surface area contributed by atoms with Crippen LogP contribution in [0.2, 0.25) is 0 Å². The van der Waals surface area contributed by atoms with Gasteiger partial charge < -0.3 is 15.8 Å². The summed E-state index contributed by atoms with van der Waals surface area (Å²) in [4.78, 5) is 1.01. The number of nitrogens with two attached hydrogens (primary N) is 1. The predicted octanol–water partition coefficient (Wildman–Crippen LogP) is 2.59. The summed E-state index contributed by atoms with van der Waals surface area (Å²) in [5.41, 5.74) is 7.61. The SMILES string of the molecule is CCOC1CC(N)C1Nc1cccc(SCC)c1C#N. The zero-order chi connectivity index (χ0) is 14.5. The largest absolute Gasteiger partial charge is 0.377 e. The number of benzene rings is 1. The van der Waals surface area contributed by atoms with Crippen LogP contribution in [0.4, 0.5) is 5.69 Å². The Kier molecular flexibility index (Phi) is 5.30. The van der Waals surface area contributed by atoms with Gasteiger partial charge in [-0.1, -0.05) is 13.0 Å². The summed E-state index contributed by atoms with van der Waals surface area (Å²) in [5.74, 6) is 0.947. The third-order valence-electron chi connectivity index (χ3n) is 3.51. The molecule has 3 unspecified atom stereocenters. The molecule has 0 radical (unpaired) electrons. The van der Waals surface area contributed by atoms with Gasteiger partial charge >= 0.3 is 0 Å². The molecule has 4 nitrogen and oxygen atoms in total.